The van der Waals surface area contributed by atoms with Gasteiger partial charge in [-0.25, -0.2) is 18.2 Å². The predicted octanol–water partition coefficient (Wildman–Crippen LogP) is 1.11. The molecule has 1 aromatic rings. The van der Waals surface area contributed by atoms with E-state index in [0.717, 1.165) is 4.88 Å². The van der Waals surface area contributed by atoms with Crippen LogP contribution in [0.15, 0.2) is 0 Å². The lowest BCUT2D eigenvalue weighted by atomic mass is 10.4. The number of aromatic nitrogens is 1. The molecule has 0 N–H and O–H groups in total. The topological polar surface area (TPSA) is 76.6 Å². The maximum atomic E-state index is 11.6. The molecule has 0 aliphatic carbocycles. The molecule has 0 aliphatic heterocycles. The first-order valence-corrected chi connectivity index (χ1v) is 8.65. The van der Waals surface area contributed by atoms with E-state index in [2.05, 4.69) is 4.98 Å². The molecule has 0 saturated heterocycles. The van der Waals surface area contributed by atoms with E-state index in [0.29, 0.717) is 24.0 Å². The summed E-state index contributed by atoms with van der Waals surface area (Å²) in [6.07, 6.45) is 1.19. The molecule has 19 heavy (non-hydrogen) atoms. The van der Waals surface area contributed by atoms with E-state index in [1.54, 1.807) is 25.8 Å². The summed E-state index contributed by atoms with van der Waals surface area (Å²) >= 11 is 1.35. The molecule has 0 atom stereocenters. The minimum atomic E-state index is -3.01. The van der Waals surface area contributed by atoms with Crippen LogP contribution in [0, 0.1) is 6.92 Å². The van der Waals surface area contributed by atoms with Crippen molar-refractivity contribution in [3.63, 3.8) is 0 Å². The third-order valence-electron chi connectivity index (χ3n) is 2.38. The van der Waals surface area contributed by atoms with Crippen LogP contribution < -0.4 is 4.90 Å². The van der Waals surface area contributed by atoms with Gasteiger partial charge in [0.25, 0.3) is 0 Å². The largest absolute Gasteiger partial charge is 0.461 e. The number of ether oxygens (including phenoxy) is 1. The highest BCUT2D eigenvalue weighted by atomic mass is 32.2. The van der Waals surface area contributed by atoms with Crippen LogP contribution >= 0.6 is 11.3 Å². The highest BCUT2D eigenvalue weighted by molar-refractivity contribution is 7.90. The molecule has 0 spiro atoms. The highest BCUT2D eigenvalue weighted by Crippen LogP contribution is 2.25. The average molecular weight is 306 g/mol. The number of hydrogen-bond acceptors (Lipinski definition) is 7. The molecule has 6 nitrogen and oxygen atoms in total. The summed E-state index contributed by atoms with van der Waals surface area (Å²) in [6, 6.07) is 0. The van der Waals surface area contributed by atoms with Crippen LogP contribution in [0.2, 0.25) is 0 Å². The molecule has 0 aliphatic rings. The Labute approximate surface area is 117 Å². The van der Waals surface area contributed by atoms with E-state index in [1.165, 1.54) is 17.6 Å². The number of rotatable bonds is 6. The molecular formula is C11H18N2O4S2. The fourth-order valence-electron chi connectivity index (χ4n) is 1.33. The minimum absolute atomic E-state index is 0.0524. The van der Waals surface area contributed by atoms with E-state index in [1.807, 2.05) is 0 Å². The molecule has 0 amide bonds. The summed E-state index contributed by atoms with van der Waals surface area (Å²) in [7, 11) is -1.26. The van der Waals surface area contributed by atoms with Crippen LogP contribution in [-0.2, 0) is 14.6 Å². The number of carbonyl (C=O) groups is 1. The van der Waals surface area contributed by atoms with E-state index >= 15 is 0 Å². The van der Waals surface area contributed by atoms with Gasteiger partial charge in [0.1, 0.15) is 9.84 Å². The first-order chi connectivity index (χ1) is 8.74. The van der Waals surface area contributed by atoms with E-state index in [4.69, 9.17) is 4.74 Å². The predicted molar refractivity (Wildman–Crippen MR) is 75.8 cm³/mol. The van der Waals surface area contributed by atoms with Crippen LogP contribution in [0.25, 0.3) is 0 Å². The SMILES string of the molecule is CCOC(=O)c1nc(N(C)CCS(C)(=O)=O)sc1C. The van der Waals surface area contributed by atoms with Gasteiger partial charge in [0.2, 0.25) is 0 Å². The smallest absolute Gasteiger partial charge is 0.358 e. The summed E-state index contributed by atoms with van der Waals surface area (Å²) in [5.74, 6) is -0.393. The Morgan fingerprint density at radius 1 is 1.47 bits per heavy atom. The molecule has 0 aromatic carbocycles. The van der Waals surface area contributed by atoms with Crippen molar-refractivity contribution in [2.75, 3.05) is 37.1 Å². The number of carbonyl (C=O) groups excluding carboxylic acids is 1. The van der Waals surface area contributed by atoms with E-state index < -0.39 is 15.8 Å². The van der Waals surface area contributed by atoms with Crippen molar-refractivity contribution in [3.8, 4) is 0 Å². The number of nitrogens with zero attached hydrogens (tertiary/aromatic N) is 2. The maximum absolute atomic E-state index is 11.6. The zero-order chi connectivity index (χ0) is 14.6. The van der Waals surface area contributed by atoms with Gasteiger partial charge in [-0.15, -0.1) is 11.3 Å². The third kappa shape index (κ3) is 4.79. The fraction of sp³-hybridized carbons (Fsp3) is 0.636. The van der Waals surface area contributed by atoms with Gasteiger partial charge >= 0.3 is 5.97 Å². The van der Waals surface area contributed by atoms with Gasteiger partial charge in [-0.3, -0.25) is 0 Å². The van der Waals surface area contributed by atoms with Crippen molar-refractivity contribution < 1.29 is 17.9 Å². The molecule has 0 saturated carbocycles. The van der Waals surface area contributed by atoms with Gasteiger partial charge in [0.15, 0.2) is 10.8 Å². The Morgan fingerprint density at radius 3 is 2.63 bits per heavy atom. The number of thiazole rings is 1. The Hall–Kier alpha value is -1.15. The fourth-order valence-corrected chi connectivity index (χ4v) is 2.82. The molecule has 108 valence electrons. The molecule has 1 rings (SSSR count). The third-order valence-corrected chi connectivity index (χ3v) is 4.39. The summed E-state index contributed by atoms with van der Waals surface area (Å²) in [4.78, 5) is 18.3. The quantitative estimate of drug-likeness (QED) is 0.733. The van der Waals surface area contributed by atoms with Crippen molar-refractivity contribution in [3.05, 3.63) is 10.6 Å². The minimum Gasteiger partial charge on any atom is -0.461 e. The van der Waals surface area contributed by atoms with Crippen molar-refractivity contribution in [2.45, 2.75) is 13.8 Å². The Morgan fingerprint density at radius 2 is 2.11 bits per heavy atom. The second-order valence-electron chi connectivity index (χ2n) is 4.17. The molecular weight excluding hydrogens is 288 g/mol. The van der Waals surface area contributed by atoms with Gasteiger partial charge in [0, 0.05) is 24.7 Å². The molecule has 1 heterocycles. The van der Waals surface area contributed by atoms with Gasteiger partial charge < -0.3 is 9.64 Å². The molecule has 1 aromatic heterocycles. The average Bonchev–Trinajstić information content (AvgIpc) is 2.67. The summed E-state index contributed by atoms with van der Waals surface area (Å²) in [5, 5.41) is 0.615. The van der Waals surface area contributed by atoms with Crippen molar-refractivity contribution in [2.24, 2.45) is 0 Å². The van der Waals surface area contributed by atoms with Crippen LogP contribution in [-0.4, -0.2) is 51.6 Å². The number of esters is 1. The van der Waals surface area contributed by atoms with Crippen LogP contribution in [0.5, 0.6) is 0 Å². The lowest BCUT2D eigenvalue weighted by Gasteiger charge is -2.14. The normalized spacial score (nSPS) is 11.4. The summed E-state index contributed by atoms with van der Waals surface area (Å²) in [5.41, 5.74) is 0.299. The summed E-state index contributed by atoms with van der Waals surface area (Å²) in [6.45, 7) is 4.17. The van der Waals surface area contributed by atoms with Crippen LogP contribution in [0.4, 0.5) is 5.13 Å². The second kappa shape index (κ2) is 6.33. The summed E-state index contributed by atoms with van der Waals surface area (Å²) < 4.78 is 27.1. The molecule has 8 heteroatoms. The highest BCUT2D eigenvalue weighted by Gasteiger charge is 2.18. The van der Waals surface area contributed by atoms with E-state index in [9.17, 15) is 13.2 Å². The Bertz CT molecular complexity index is 551. The second-order valence-corrected chi connectivity index (χ2v) is 7.61. The van der Waals surface area contributed by atoms with Gasteiger partial charge in [-0.2, -0.15) is 0 Å². The standard InChI is InChI=1S/C11H18N2O4S2/c1-5-17-10(14)9-8(2)18-11(12-9)13(3)6-7-19(4,15)16/h5-7H2,1-4H3. The Balaban J connectivity index is 2.80. The van der Waals surface area contributed by atoms with Gasteiger partial charge in [0.05, 0.1) is 12.4 Å². The number of aryl methyl sites for hydroxylation is 1. The monoisotopic (exact) mass is 306 g/mol. The lowest BCUT2D eigenvalue weighted by Crippen LogP contribution is -2.24. The molecule has 0 radical (unpaired) electrons. The van der Waals surface area contributed by atoms with Crippen LogP contribution in [0.3, 0.4) is 0 Å². The maximum Gasteiger partial charge on any atom is 0.358 e. The number of anilines is 1. The molecule has 0 unspecified atom stereocenters. The zero-order valence-corrected chi connectivity index (χ0v) is 13.1. The molecule has 0 bridgehead atoms. The van der Waals surface area contributed by atoms with Crippen molar-refractivity contribution in [1.29, 1.82) is 0 Å². The Kier molecular flexibility index (Phi) is 5.30. The zero-order valence-electron chi connectivity index (χ0n) is 11.5. The number of hydrogen-bond donors (Lipinski definition) is 0. The first kappa shape index (κ1) is 15.9. The first-order valence-electron chi connectivity index (χ1n) is 5.78. The van der Waals surface area contributed by atoms with Crippen molar-refractivity contribution >= 4 is 32.3 Å². The van der Waals surface area contributed by atoms with E-state index in [-0.39, 0.29) is 5.75 Å². The van der Waals surface area contributed by atoms with Crippen LogP contribution in [0.1, 0.15) is 22.3 Å². The lowest BCUT2D eigenvalue weighted by molar-refractivity contribution is 0.0519. The number of sulfone groups is 1. The van der Waals surface area contributed by atoms with Crippen molar-refractivity contribution in [1.82, 2.24) is 4.98 Å². The van der Waals surface area contributed by atoms with Gasteiger partial charge in [-0.05, 0) is 13.8 Å². The van der Waals surface area contributed by atoms with Gasteiger partial charge in [-0.1, -0.05) is 0 Å². The molecule has 0 fully saturated rings.